The average Bonchev–Trinajstić information content (AvgIpc) is 2.94. The minimum atomic E-state index is 0.608. The summed E-state index contributed by atoms with van der Waals surface area (Å²) in [5.41, 5.74) is 2.12. The summed E-state index contributed by atoms with van der Waals surface area (Å²) in [5, 5.41) is 1.61. The van der Waals surface area contributed by atoms with Crippen molar-refractivity contribution in [2.24, 2.45) is 0 Å². The first-order valence-corrected chi connectivity index (χ1v) is 7.65. The molecule has 2 nitrogen and oxygen atoms in total. The van der Waals surface area contributed by atoms with E-state index in [0.717, 1.165) is 27.5 Å². The molecule has 0 N–H and O–H groups in total. The zero-order valence-electron chi connectivity index (χ0n) is 11.0. The molecule has 0 saturated heterocycles. The minimum Gasteiger partial charge on any atom is -0.495 e. The van der Waals surface area contributed by atoms with E-state index in [0.29, 0.717) is 10.8 Å². The van der Waals surface area contributed by atoms with Crippen LogP contribution in [0.15, 0.2) is 24.3 Å². The van der Waals surface area contributed by atoms with Crippen LogP contribution < -0.4 is 4.74 Å². The normalized spacial score (nSPS) is 11.2. The van der Waals surface area contributed by atoms with Crippen molar-refractivity contribution in [3.8, 4) is 5.75 Å². The third-order valence-electron chi connectivity index (χ3n) is 3.22. The number of hydrogen-bond donors (Lipinski definition) is 0. The topological polar surface area (TPSA) is 14.2 Å². The Bertz CT molecular complexity index is 776. The lowest BCUT2D eigenvalue weighted by atomic mass is 10.2. The van der Waals surface area contributed by atoms with Crippen LogP contribution >= 0.6 is 34.5 Å². The summed E-state index contributed by atoms with van der Waals surface area (Å²) in [7, 11) is 1.62. The Balaban J connectivity index is 2.10. The SMILES string of the molecule is COc1cc2[c]c(C)n(Cc3ccc(Cl)s3)c2cc1Cl. The number of aryl methyl sites for hydroxylation is 1. The summed E-state index contributed by atoms with van der Waals surface area (Å²) < 4.78 is 8.23. The maximum Gasteiger partial charge on any atom is 0.138 e. The molecule has 0 fully saturated rings. The summed E-state index contributed by atoms with van der Waals surface area (Å²) in [6.07, 6.45) is 0. The average molecular weight is 325 g/mol. The molecule has 3 rings (SSSR count). The fourth-order valence-electron chi connectivity index (χ4n) is 2.26. The second-order valence-electron chi connectivity index (χ2n) is 4.51. The maximum atomic E-state index is 6.22. The Kier molecular flexibility index (Phi) is 3.67. The zero-order valence-corrected chi connectivity index (χ0v) is 13.4. The standard InChI is InChI=1S/C15H12Cl2NOS/c1-9-5-10-6-14(19-2)12(16)7-13(10)18(9)8-11-3-4-15(17)20-11/h3-4,6-7H,8H2,1-2H3. The van der Waals surface area contributed by atoms with Gasteiger partial charge in [0.15, 0.2) is 0 Å². The fraction of sp³-hybridized carbons (Fsp3) is 0.200. The molecule has 1 aromatic carbocycles. The van der Waals surface area contributed by atoms with E-state index in [2.05, 4.69) is 10.6 Å². The fourth-order valence-corrected chi connectivity index (χ4v) is 3.57. The molecule has 0 amide bonds. The molecule has 3 aromatic rings. The van der Waals surface area contributed by atoms with Crippen LogP contribution in [-0.4, -0.2) is 11.7 Å². The molecule has 20 heavy (non-hydrogen) atoms. The van der Waals surface area contributed by atoms with Gasteiger partial charge in [-0.1, -0.05) is 23.2 Å². The number of halogens is 2. The molecule has 0 aliphatic carbocycles. The third kappa shape index (κ3) is 2.41. The Hall–Kier alpha value is -1.16. The largest absolute Gasteiger partial charge is 0.495 e. The highest BCUT2D eigenvalue weighted by atomic mass is 35.5. The first-order chi connectivity index (χ1) is 9.58. The van der Waals surface area contributed by atoms with Crippen molar-refractivity contribution in [2.75, 3.05) is 7.11 Å². The van der Waals surface area contributed by atoms with E-state index >= 15 is 0 Å². The van der Waals surface area contributed by atoms with Gasteiger partial charge in [0.05, 0.1) is 28.5 Å². The van der Waals surface area contributed by atoms with Crippen LogP contribution in [0, 0.1) is 13.0 Å². The van der Waals surface area contributed by atoms with E-state index in [1.54, 1.807) is 18.4 Å². The third-order valence-corrected chi connectivity index (χ3v) is 4.74. The monoisotopic (exact) mass is 324 g/mol. The van der Waals surface area contributed by atoms with Crippen LogP contribution in [0.5, 0.6) is 5.75 Å². The zero-order chi connectivity index (χ0) is 14.3. The Labute approximate surface area is 131 Å². The minimum absolute atomic E-state index is 0.608. The summed E-state index contributed by atoms with van der Waals surface area (Å²) >= 11 is 13.8. The van der Waals surface area contributed by atoms with Gasteiger partial charge in [0.2, 0.25) is 0 Å². The van der Waals surface area contributed by atoms with Crippen molar-refractivity contribution < 1.29 is 4.74 Å². The number of aromatic nitrogens is 1. The lowest BCUT2D eigenvalue weighted by molar-refractivity contribution is 0.415. The lowest BCUT2D eigenvalue weighted by Crippen LogP contribution is -1.99. The van der Waals surface area contributed by atoms with E-state index in [9.17, 15) is 0 Å². The van der Waals surface area contributed by atoms with Gasteiger partial charge < -0.3 is 9.30 Å². The summed E-state index contributed by atoms with van der Waals surface area (Å²) in [4.78, 5) is 1.20. The summed E-state index contributed by atoms with van der Waals surface area (Å²) in [6.45, 7) is 2.81. The highest BCUT2D eigenvalue weighted by Crippen LogP contribution is 2.32. The lowest BCUT2D eigenvalue weighted by Gasteiger charge is -2.08. The van der Waals surface area contributed by atoms with Crippen molar-refractivity contribution in [1.29, 1.82) is 0 Å². The predicted molar refractivity (Wildman–Crippen MR) is 85.5 cm³/mol. The second-order valence-corrected chi connectivity index (χ2v) is 6.71. The number of methoxy groups -OCH3 is 1. The van der Waals surface area contributed by atoms with Crippen molar-refractivity contribution in [2.45, 2.75) is 13.5 Å². The molecule has 2 aromatic heterocycles. The Morgan fingerprint density at radius 1 is 1.30 bits per heavy atom. The number of rotatable bonds is 3. The molecular formula is C15H12Cl2NOS. The highest BCUT2D eigenvalue weighted by molar-refractivity contribution is 7.16. The smallest absolute Gasteiger partial charge is 0.138 e. The number of benzene rings is 1. The van der Waals surface area contributed by atoms with E-state index in [4.69, 9.17) is 27.9 Å². The second kappa shape index (κ2) is 5.32. The van der Waals surface area contributed by atoms with Crippen molar-refractivity contribution in [3.05, 3.63) is 50.3 Å². The molecule has 0 unspecified atom stereocenters. The van der Waals surface area contributed by atoms with Crippen LogP contribution in [0.4, 0.5) is 0 Å². The molecule has 0 aliphatic heterocycles. The molecule has 0 atom stereocenters. The summed E-state index contributed by atoms with van der Waals surface area (Å²) in [6, 6.07) is 11.2. The Morgan fingerprint density at radius 2 is 2.10 bits per heavy atom. The number of thiophene rings is 1. The first-order valence-electron chi connectivity index (χ1n) is 6.08. The van der Waals surface area contributed by atoms with Gasteiger partial charge in [-0.05, 0) is 31.2 Å². The number of hydrogen-bond acceptors (Lipinski definition) is 2. The van der Waals surface area contributed by atoms with Crippen molar-refractivity contribution in [3.63, 3.8) is 0 Å². The first kappa shape index (κ1) is 13.8. The molecule has 5 heteroatoms. The molecule has 1 radical (unpaired) electrons. The van der Waals surface area contributed by atoms with E-state index in [1.165, 1.54) is 4.88 Å². The Morgan fingerprint density at radius 3 is 2.75 bits per heavy atom. The van der Waals surface area contributed by atoms with Crippen LogP contribution in [0.25, 0.3) is 10.9 Å². The molecule has 0 spiro atoms. The van der Waals surface area contributed by atoms with Crippen LogP contribution in [0.3, 0.4) is 0 Å². The highest BCUT2D eigenvalue weighted by Gasteiger charge is 2.11. The van der Waals surface area contributed by atoms with Gasteiger partial charge in [0.1, 0.15) is 5.75 Å². The van der Waals surface area contributed by atoms with Gasteiger partial charge in [0.25, 0.3) is 0 Å². The van der Waals surface area contributed by atoms with Crippen molar-refractivity contribution in [1.82, 2.24) is 4.57 Å². The molecular weight excluding hydrogens is 313 g/mol. The molecule has 2 heterocycles. The van der Waals surface area contributed by atoms with Gasteiger partial charge in [-0.3, -0.25) is 0 Å². The van der Waals surface area contributed by atoms with Crippen LogP contribution in [-0.2, 0) is 6.54 Å². The van der Waals surface area contributed by atoms with E-state index in [1.807, 2.05) is 31.2 Å². The summed E-state index contributed by atoms with van der Waals surface area (Å²) in [5.74, 6) is 0.673. The van der Waals surface area contributed by atoms with E-state index in [-0.39, 0.29) is 0 Å². The molecule has 103 valence electrons. The predicted octanol–water partition coefficient (Wildman–Crippen LogP) is 5.18. The number of nitrogens with zero attached hydrogens (tertiary/aromatic N) is 1. The van der Waals surface area contributed by atoms with Crippen molar-refractivity contribution >= 4 is 45.4 Å². The maximum absolute atomic E-state index is 6.22. The van der Waals surface area contributed by atoms with Gasteiger partial charge in [-0.15, -0.1) is 11.3 Å². The van der Waals surface area contributed by atoms with Crippen LogP contribution in [0.1, 0.15) is 10.6 Å². The van der Waals surface area contributed by atoms with Gasteiger partial charge in [-0.25, -0.2) is 0 Å². The van der Waals surface area contributed by atoms with Gasteiger partial charge in [0, 0.05) is 22.0 Å². The molecule has 0 aliphatic rings. The van der Waals surface area contributed by atoms with Crippen LogP contribution in [0.2, 0.25) is 9.36 Å². The number of ether oxygens (including phenoxy) is 1. The van der Waals surface area contributed by atoms with Gasteiger partial charge >= 0.3 is 0 Å². The molecule has 0 saturated carbocycles. The quantitative estimate of drug-likeness (QED) is 0.647. The molecule has 0 bridgehead atoms. The van der Waals surface area contributed by atoms with Gasteiger partial charge in [-0.2, -0.15) is 0 Å². The van der Waals surface area contributed by atoms with E-state index < -0.39 is 0 Å². The number of fused-ring (bicyclic) bond motifs is 1.